The Labute approximate surface area is 169 Å². The maximum absolute atomic E-state index is 12.2. The average Bonchev–Trinajstić information content (AvgIpc) is 2.88. The Morgan fingerprint density at radius 3 is 2.68 bits per heavy atom. The SMILES string of the molecule is CCCCCC(O)/C=C/[C@H]1C(O)CC(=O)[C@H]1C/C=C\CCCC(=O)OC(C)C. The lowest BCUT2D eigenvalue weighted by molar-refractivity contribution is -0.147. The molecule has 2 unspecified atom stereocenters. The van der Waals surface area contributed by atoms with Gasteiger partial charge in [0.05, 0.1) is 18.3 Å². The quantitative estimate of drug-likeness (QED) is 0.279. The highest BCUT2D eigenvalue weighted by Crippen LogP contribution is 2.33. The van der Waals surface area contributed by atoms with Crippen LogP contribution in [0.3, 0.4) is 0 Å². The molecule has 5 nitrogen and oxygen atoms in total. The molecule has 0 amide bonds. The van der Waals surface area contributed by atoms with E-state index in [1.54, 1.807) is 6.08 Å². The first-order chi connectivity index (χ1) is 13.3. The van der Waals surface area contributed by atoms with Crippen LogP contribution in [0.15, 0.2) is 24.3 Å². The van der Waals surface area contributed by atoms with E-state index in [1.165, 1.54) is 0 Å². The number of Topliss-reactive ketones (excluding diaryl/α,β-unsaturated/α-hetero) is 1. The summed E-state index contributed by atoms with van der Waals surface area (Å²) in [6, 6.07) is 0. The van der Waals surface area contributed by atoms with Crippen LogP contribution < -0.4 is 0 Å². The van der Waals surface area contributed by atoms with Crippen molar-refractivity contribution in [3.8, 4) is 0 Å². The Bertz CT molecular complexity index is 523. The van der Waals surface area contributed by atoms with Crippen molar-refractivity contribution in [1.82, 2.24) is 0 Å². The van der Waals surface area contributed by atoms with Gasteiger partial charge in [-0.05, 0) is 39.5 Å². The van der Waals surface area contributed by atoms with Crippen LogP contribution in [0.4, 0.5) is 0 Å². The molecular weight excluding hydrogens is 356 g/mol. The number of hydrogen-bond donors (Lipinski definition) is 2. The molecule has 0 aromatic heterocycles. The van der Waals surface area contributed by atoms with Gasteiger partial charge in [0, 0.05) is 24.7 Å². The fraction of sp³-hybridized carbons (Fsp3) is 0.739. The van der Waals surface area contributed by atoms with Crippen molar-refractivity contribution in [2.45, 2.75) is 96.9 Å². The zero-order chi connectivity index (χ0) is 20.9. The molecule has 0 heterocycles. The van der Waals surface area contributed by atoms with Gasteiger partial charge in [-0.1, -0.05) is 50.5 Å². The van der Waals surface area contributed by atoms with Crippen LogP contribution in [0.5, 0.6) is 0 Å². The first-order valence-corrected chi connectivity index (χ1v) is 10.8. The second-order valence-corrected chi connectivity index (χ2v) is 8.01. The molecule has 2 N–H and O–H groups in total. The van der Waals surface area contributed by atoms with E-state index in [1.807, 2.05) is 32.1 Å². The number of allylic oxidation sites excluding steroid dienone is 2. The van der Waals surface area contributed by atoms with Crippen molar-refractivity contribution in [2.75, 3.05) is 0 Å². The molecule has 0 aromatic rings. The Morgan fingerprint density at radius 1 is 1.25 bits per heavy atom. The van der Waals surface area contributed by atoms with Crippen molar-refractivity contribution < 1.29 is 24.5 Å². The first kappa shape index (κ1) is 24.6. The van der Waals surface area contributed by atoms with Crippen molar-refractivity contribution in [3.05, 3.63) is 24.3 Å². The minimum Gasteiger partial charge on any atom is -0.463 e. The molecule has 0 spiro atoms. The van der Waals surface area contributed by atoms with Crippen LogP contribution in [-0.4, -0.2) is 40.3 Å². The van der Waals surface area contributed by atoms with Gasteiger partial charge in [0.1, 0.15) is 5.78 Å². The Kier molecular flexibility index (Phi) is 12.0. The summed E-state index contributed by atoms with van der Waals surface area (Å²) < 4.78 is 5.09. The summed E-state index contributed by atoms with van der Waals surface area (Å²) in [5.41, 5.74) is 0. The maximum atomic E-state index is 12.2. The molecule has 1 saturated carbocycles. The highest BCUT2D eigenvalue weighted by Gasteiger charge is 2.39. The summed E-state index contributed by atoms with van der Waals surface area (Å²) >= 11 is 0. The maximum Gasteiger partial charge on any atom is 0.306 e. The van der Waals surface area contributed by atoms with Crippen LogP contribution in [0.2, 0.25) is 0 Å². The normalized spacial score (nSPS) is 23.9. The van der Waals surface area contributed by atoms with Gasteiger partial charge in [-0.25, -0.2) is 0 Å². The smallest absolute Gasteiger partial charge is 0.306 e. The van der Waals surface area contributed by atoms with Gasteiger partial charge in [-0.3, -0.25) is 9.59 Å². The zero-order valence-electron chi connectivity index (χ0n) is 17.7. The van der Waals surface area contributed by atoms with Crippen LogP contribution in [0.1, 0.15) is 78.6 Å². The molecule has 0 radical (unpaired) electrons. The van der Waals surface area contributed by atoms with Crippen molar-refractivity contribution in [3.63, 3.8) is 0 Å². The summed E-state index contributed by atoms with van der Waals surface area (Å²) in [6.45, 7) is 5.79. The minimum absolute atomic E-state index is 0.0767. The fourth-order valence-corrected chi connectivity index (χ4v) is 3.53. The van der Waals surface area contributed by atoms with E-state index >= 15 is 0 Å². The summed E-state index contributed by atoms with van der Waals surface area (Å²) in [5.74, 6) is -0.580. The summed E-state index contributed by atoms with van der Waals surface area (Å²) in [4.78, 5) is 23.7. The van der Waals surface area contributed by atoms with Gasteiger partial charge >= 0.3 is 5.97 Å². The molecule has 0 saturated heterocycles. The standard InChI is InChI=1S/C23H38O5/c1-4-5-8-11-18(24)14-15-20-19(21(25)16-22(20)26)12-9-6-7-10-13-23(27)28-17(2)3/h6,9,14-15,17-20,22,24,26H,4-5,7-8,10-13,16H2,1-3H3/b9-6-,15-14+/t18?,19-,20+,22?/m0/s1. The van der Waals surface area contributed by atoms with Crippen molar-refractivity contribution in [2.24, 2.45) is 11.8 Å². The number of ether oxygens (including phenoxy) is 1. The number of hydrogen-bond acceptors (Lipinski definition) is 5. The van der Waals surface area contributed by atoms with Crippen LogP contribution >= 0.6 is 0 Å². The van der Waals surface area contributed by atoms with E-state index in [4.69, 9.17) is 4.74 Å². The van der Waals surface area contributed by atoms with E-state index in [0.29, 0.717) is 19.3 Å². The lowest BCUT2D eigenvalue weighted by Gasteiger charge is -2.16. The number of carbonyl (C=O) groups excluding carboxylic acids is 2. The fourth-order valence-electron chi connectivity index (χ4n) is 3.53. The molecule has 0 aliphatic heterocycles. The predicted octanol–water partition coefficient (Wildman–Crippen LogP) is 4.12. The van der Waals surface area contributed by atoms with Crippen LogP contribution in [0, 0.1) is 11.8 Å². The van der Waals surface area contributed by atoms with Crippen molar-refractivity contribution in [1.29, 1.82) is 0 Å². The third-order valence-electron chi connectivity index (χ3n) is 5.07. The van der Waals surface area contributed by atoms with E-state index < -0.39 is 12.2 Å². The topological polar surface area (TPSA) is 83.8 Å². The van der Waals surface area contributed by atoms with Crippen molar-refractivity contribution >= 4 is 11.8 Å². The number of esters is 1. The van der Waals surface area contributed by atoms with E-state index in [9.17, 15) is 19.8 Å². The van der Waals surface area contributed by atoms with Gasteiger partial charge in [-0.15, -0.1) is 0 Å². The number of unbranched alkanes of at least 4 members (excludes halogenated alkanes) is 3. The van der Waals surface area contributed by atoms with E-state index in [2.05, 4.69) is 6.92 Å². The molecule has 0 aromatic carbocycles. The second-order valence-electron chi connectivity index (χ2n) is 8.01. The molecule has 5 heteroatoms. The second kappa shape index (κ2) is 13.7. The lowest BCUT2D eigenvalue weighted by Crippen LogP contribution is -2.18. The Hall–Kier alpha value is -1.46. The lowest BCUT2D eigenvalue weighted by atomic mass is 9.90. The molecule has 1 fully saturated rings. The third kappa shape index (κ3) is 9.65. The van der Waals surface area contributed by atoms with Gasteiger partial charge in [0.2, 0.25) is 0 Å². The number of carbonyl (C=O) groups is 2. The Morgan fingerprint density at radius 2 is 2.00 bits per heavy atom. The largest absolute Gasteiger partial charge is 0.463 e. The van der Waals surface area contributed by atoms with Gasteiger partial charge in [0.25, 0.3) is 0 Å². The highest BCUT2D eigenvalue weighted by atomic mass is 16.5. The molecule has 1 rings (SSSR count). The molecule has 28 heavy (non-hydrogen) atoms. The monoisotopic (exact) mass is 394 g/mol. The molecule has 1 aliphatic carbocycles. The molecular formula is C23H38O5. The number of aliphatic hydroxyl groups is 2. The molecule has 0 bridgehead atoms. The average molecular weight is 395 g/mol. The summed E-state index contributed by atoms with van der Waals surface area (Å²) in [6.07, 6.45) is 12.8. The van der Waals surface area contributed by atoms with E-state index in [-0.39, 0.29) is 36.1 Å². The van der Waals surface area contributed by atoms with Gasteiger partial charge < -0.3 is 14.9 Å². The first-order valence-electron chi connectivity index (χ1n) is 10.8. The molecule has 1 aliphatic rings. The highest BCUT2D eigenvalue weighted by molar-refractivity contribution is 5.84. The van der Waals surface area contributed by atoms with Gasteiger partial charge in [-0.2, -0.15) is 0 Å². The molecule has 4 atom stereocenters. The van der Waals surface area contributed by atoms with Crippen LogP contribution in [-0.2, 0) is 14.3 Å². The number of aliphatic hydroxyl groups excluding tert-OH is 2. The minimum atomic E-state index is -0.671. The summed E-state index contributed by atoms with van der Waals surface area (Å²) in [5, 5.41) is 20.2. The number of ketones is 1. The third-order valence-corrected chi connectivity index (χ3v) is 5.07. The molecule has 160 valence electrons. The zero-order valence-corrected chi connectivity index (χ0v) is 17.7. The Balaban J connectivity index is 2.42. The number of rotatable bonds is 13. The van der Waals surface area contributed by atoms with Crippen LogP contribution in [0.25, 0.3) is 0 Å². The van der Waals surface area contributed by atoms with E-state index in [0.717, 1.165) is 32.1 Å². The predicted molar refractivity (Wildman–Crippen MR) is 111 cm³/mol. The van der Waals surface area contributed by atoms with Gasteiger partial charge in [0.15, 0.2) is 0 Å². The summed E-state index contributed by atoms with van der Waals surface area (Å²) in [7, 11) is 0.